The molecule has 7 heteroatoms. The minimum absolute atomic E-state index is 0.167. The number of benzene rings is 2. The van der Waals surface area contributed by atoms with E-state index in [0.29, 0.717) is 6.54 Å². The zero-order valence-corrected chi connectivity index (χ0v) is 17.3. The quantitative estimate of drug-likeness (QED) is 0.522. The average Bonchev–Trinajstić information content (AvgIpc) is 2.74. The van der Waals surface area contributed by atoms with Crippen molar-refractivity contribution in [1.29, 1.82) is 0 Å². The maximum absolute atomic E-state index is 12.5. The molecule has 160 valence electrons. The van der Waals surface area contributed by atoms with Gasteiger partial charge in [0, 0.05) is 18.9 Å². The summed E-state index contributed by atoms with van der Waals surface area (Å²) in [5, 5.41) is 5.22. The minimum atomic E-state index is -1.00. The lowest BCUT2D eigenvalue weighted by atomic mass is 9.96. The van der Waals surface area contributed by atoms with Gasteiger partial charge in [0.2, 0.25) is 0 Å². The number of carbonyl (C=O) groups is 3. The fourth-order valence-corrected chi connectivity index (χ4v) is 3.12. The molecule has 0 saturated carbocycles. The van der Waals surface area contributed by atoms with Gasteiger partial charge < -0.3 is 21.1 Å². The van der Waals surface area contributed by atoms with Crippen LogP contribution < -0.4 is 16.4 Å². The Hall–Kier alpha value is -3.35. The number of hydrogen-bond acceptors (Lipinski definition) is 4. The van der Waals surface area contributed by atoms with Gasteiger partial charge in [-0.1, -0.05) is 67.6 Å². The standard InChI is InChI=1S/C23H29N3O4/c1-3-18(19-12-8-5-9-13-19)15-25-21(27)16(2)30-22(28)20(26-23(24)29)14-17-10-6-4-7-11-17/h4-13,16,18,20H,3,14-15H2,1-2H3,(H,25,27)(H3,24,26,29)/t16-,18-,20+/m1/s1. The van der Waals surface area contributed by atoms with Gasteiger partial charge in [0.1, 0.15) is 6.04 Å². The summed E-state index contributed by atoms with van der Waals surface area (Å²) in [5.41, 5.74) is 7.16. The van der Waals surface area contributed by atoms with Gasteiger partial charge in [0.15, 0.2) is 6.10 Å². The highest BCUT2D eigenvalue weighted by Gasteiger charge is 2.26. The lowest BCUT2D eigenvalue weighted by Crippen LogP contribution is -2.48. The number of nitrogens with one attached hydrogen (secondary N) is 2. The van der Waals surface area contributed by atoms with Crippen molar-refractivity contribution in [3.05, 3.63) is 71.8 Å². The van der Waals surface area contributed by atoms with E-state index < -0.39 is 30.1 Å². The third-order valence-electron chi connectivity index (χ3n) is 4.83. The summed E-state index contributed by atoms with van der Waals surface area (Å²) in [6, 6.07) is 17.3. The normalized spacial score (nSPS) is 13.5. The van der Waals surface area contributed by atoms with Crippen molar-refractivity contribution in [2.24, 2.45) is 5.73 Å². The zero-order chi connectivity index (χ0) is 21.9. The van der Waals surface area contributed by atoms with E-state index in [1.165, 1.54) is 6.92 Å². The predicted molar refractivity (Wildman–Crippen MR) is 115 cm³/mol. The Labute approximate surface area is 177 Å². The first-order valence-corrected chi connectivity index (χ1v) is 10.0. The third-order valence-corrected chi connectivity index (χ3v) is 4.83. The number of ether oxygens (including phenoxy) is 1. The van der Waals surface area contributed by atoms with Crippen molar-refractivity contribution < 1.29 is 19.1 Å². The smallest absolute Gasteiger partial charge is 0.329 e. The van der Waals surface area contributed by atoms with E-state index in [0.717, 1.165) is 17.5 Å². The number of urea groups is 1. The van der Waals surface area contributed by atoms with Crippen LogP contribution in [0.5, 0.6) is 0 Å². The second-order valence-electron chi connectivity index (χ2n) is 7.09. The van der Waals surface area contributed by atoms with Gasteiger partial charge in [-0.3, -0.25) is 4.79 Å². The first-order valence-electron chi connectivity index (χ1n) is 10.0. The highest BCUT2D eigenvalue weighted by atomic mass is 16.5. The highest BCUT2D eigenvalue weighted by Crippen LogP contribution is 2.18. The lowest BCUT2D eigenvalue weighted by molar-refractivity contribution is -0.156. The molecule has 0 aliphatic rings. The number of rotatable bonds is 10. The summed E-state index contributed by atoms with van der Waals surface area (Å²) in [6.07, 6.45) is 0.0713. The van der Waals surface area contributed by atoms with Crippen LogP contribution in [0.15, 0.2) is 60.7 Å². The van der Waals surface area contributed by atoms with Gasteiger partial charge in [-0.05, 0) is 24.5 Å². The van der Waals surface area contributed by atoms with E-state index in [4.69, 9.17) is 10.5 Å². The SMILES string of the molecule is CC[C@H](CNC(=O)[C@@H](C)OC(=O)[C@H](Cc1ccccc1)NC(N)=O)c1ccccc1. The molecule has 4 N–H and O–H groups in total. The van der Waals surface area contributed by atoms with Crippen LogP contribution in [0.2, 0.25) is 0 Å². The van der Waals surface area contributed by atoms with Gasteiger partial charge in [-0.2, -0.15) is 0 Å². The second kappa shape index (κ2) is 11.6. The zero-order valence-electron chi connectivity index (χ0n) is 17.3. The summed E-state index contributed by atoms with van der Waals surface area (Å²) in [7, 11) is 0. The van der Waals surface area contributed by atoms with Crippen molar-refractivity contribution >= 4 is 17.9 Å². The molecule has 30 heavy (non-hydrogen) atoms. The van der Waals surface area contributed by atoms with Crippen molar-refractivity contribution in [3.8, 4) is 0 Å². The van der Waals surface area contributed by atoms with E-state index in [1.807, 2.05) is 60.7 Å². The topological polar surface area (TPSA) is 111 Å². The molecule has 2 aromatic rings. The van der Waals surface area contributed by atoms with Crippen LogP contribution in [0.1, 0.15) is 37.3 Å². The summed E-state index contributed by atoms with van der Waals surface area (Å²) >= 11 is 0. The predicted octanol–water partition coefficient (Wildman–Crippen LogP) is 2.51. The maximum atomic E-state index is 12.5. The molecule has 0 unspecified atom stereocenters. The Morgan fingerprint density at radius 1 is 1.00 bits per heavy atom. The van der Waals surface area contributed by atoms with Crippen molar-refractivity contribution in [1.82, 2.24) is 10.6 Å². The third kappa shape index (κ3) is 7.24. The molecule has 0 bridgehead atoms. The minimum Gasteiger partial charge on any atom is -0.451 e. The van der Waals surface area contributed by atoms with Crippen LogP contribution in [0, 0.1) is 0 Å². The molecule has 0 saturated heterocycles. The maximum Gasteiger partial charge on any atom is 0.329 e. The number of nitrogens with two attached hydrogens (primary N) is 1. The Kier molecular flexibility index (Phi) is 8.87. The molecule has 0 fully saturated rings. The van der Waals surface area contributed by atoms with Gasteiger partial charge in [-0.15, -0.1) is 0 Å². The number of hydrogen-bond donors (Lipinski definition) is 3. The Morgan fingerprint density at radius 3 is 2.17 bits per heavy atom. The number of amides is 3. The molecule has 2 aromatic carbocycles. The highest BCUT2D eigenvalue weighted by molar-refractivity contribution is 5.87. The molecule has 0 heterocycles. The van der Waals surface area contributed by atoms with E-state index in [9.17, 15) is 14.4 Å². The monoisotopic (exact) mass is 411 g/mol. The fourth-order valence-electron chi connectivity index (χ4n) is 3.12. The summed E-state index contributed by atoms with van der Waals surface area (Å²) < 4.78 is 5.30. The summed E-state index contributed by atoms with van der Waals surface area (Å²) in [4.78, 5) is 36.3. The lowest BCUT2D eigenvalue weighted by Gasteiger charge is -2.21. The van der Waals surface area contributed by atoms with Gasteiger partial charge in [0.25, 0.3) is 5.91 Å². The van der Waals surface area contributed by atoms with Gasteiger partial charge in [0.05, 0.1) is 0 Å². The van der Waals surface area contributed by atoms with E-state index in [1.54, 1.807) is 0 Å². The van der Waals surface area contributed by atoms with Crippen LogP contribution in [0.25, 0.3) is 0 Å². The van der Waals surface area contributed by atoms with Crippen LogP contribution >= 0.6 is 0 Å². The van der Waals surface area contributed by atoms with E-state index >= 15 is 0 Å². The van der Waals surface area contributed by atoms with E-state index in [2.05, 4.69) is 17.6 Å². The molecule has 2 rings (SSSR count). The molecule has 0 aliphatic heterocycles. The molecular formula is C23H29N3O4. The molecular weight excluding hydrogens is 382 g/mol. The first-order chi connectivity index (χ1) is 14.4. The van der Waals surface area contributed by atoms with Crippen LogP contribution in [0.4, 0.5) is 4.79 Å². The largest absolute Gasteiger partial charge is 0.451 e. The van der Waals surface area contributed by atoms with Crippen LogP contribution in [-0.4, -0.2) is 36.6 Å². The van der Waals surface area contributed by atoms with Crippen molar-refractivity contribution in [3.63, 3.8) is 0 Å². The fraction of sp³-hybridized carbons (Fsp3) is 0.348. The number of carbonyl (C=O) groups excluding carboxylic acids is 3. The average molecular weight is 412 g/mol. The Bertz CT molecular complexity index is 827. The molecule has 0 aliphatic carbocycles. The Morgan fingerprint density at radius 2 is 1.60 bits per heavy atom. The van der Waals surface area contributed by atoms with Gasteiger partial charge >= 0.3 is 12.0 Å². The molecule has 3 atom stereocenters. The molecule has 0 aromatic heterocycles. The Balaban J connectivity index is 1.92. The number of esters is 1. The number of primary amides is 1. The van der Waals surface area contributed by atoms with Crippen LogP contribution in [0.3, 0.4) is 0 Å². The van der Waals surface area contributed by atoms with Crippen LogP contribution in [-0.2, 0) is 20.7 Å². The molecule has 3 amide bonds. The van der Waals surface area contributed by atoms with E-state index in [-0.39, 0.29) is 12.3 Å². The van der Waals surface area contributed by atoms with Gasteiger partial charge in [-0.25, -0.2) is 9.59 Å². The molecule has 0 spiro atoms. The first kappa shape index (κ1) is 22.9. The summed E-state index contributed by atoms with van der Waals surface area (Å²) in [6.45, 7) is 3.99. The molecule has 7 nitrogen and oxygen atoms in total. The van der Waals surface area contributed by atoms with Crippen molar-refractivity contribution in [2.75, 3.05) is 6.54 Å². The van der Waals surface area contributed by atoms with Crippen molar-refractivity contribution in [2.45, 2.75) is 44.8 Å². The summed E-state index contributed by atoms with van der Waals surface area (Å²) in [5.74, 6) is -0.939. The second-order valence-corrected chi connectivity index (χ2v) is 7.09. The molecule has 0 radical (unpaired) electrons.